The zero-order valence-corrected chi connectivity index (χ0v) is 12.1. The van der Waals surface area contributed by atoms with Crippen molar-refractivity contribution in [2.45, 2.75) is 19.3 Å². The summed E-state index contributed by atoms with van der Waals surface area (Å²) in [7, 11) is 0. The molecule has 0 saturated carbocycles. The molecule has 1 amide bonds. The molecule has 0 unspecified atom stereocenters. The van der Waals surface area contributed by atoms with Crippen molar-refractivity contribution in [2.24, 2.45) is 5.10 Å². The lowest BCUT2D eigenvalue weighted by atomic mass is 10.1. The fraction of sp³-hybridized carbons (Fsp3) is 0.176. The van der Waals surface area contributed by atoms with Gasteiger partial charge in [-0.25, -0.2) is 5.43 Å². The van der Waals surface area contributed by atoms with Gasteiger partial charge in [0.1, 0.15) is 11.5 Å². The Morgan fingerprint density at radius 2 is 1.82 bits per heavy atom. The number of carbonyl (C=O) groups excluding carboxylic acids is 1. The second kappa shape index (κ2) is 7.83. The summed E-state index contributed by atoms with van der Waals surface area (Å²) in [4.78, 5) is 11.6. The summed E-state index contributed by atoms with van der Waals surface area (Å²) in [5.41, 5.74) is 4.05. The van der Waals surface area contributed by atoms with Crippen molar-refractivity contribution in [3.8, 4) is 11.5 Å². The minimum atomic E-state index is -0.176. The monoisotopic (exact) mass is 298 g/mol. The van der Waals surface area contributed by atoms with Crippen molar-refractivity contribution >= 4 is 12.1 Å². The summed E-state index contributed by atoms with van der Waals surface area (Å²) in [5, 5.41) is 22.5. The Hall–Kier alpha value is -2.82. The second-order valence-corrected chi connectivity index (χ2v) is 4.87. The predicted molar refractivity (Wildman–Crippen MR) is 84.9 cm³/mol. The second-order valence-electron chi connectivity index (χ2n) is 4.87. The normalized spacial score (nSPS) is 10.7. The van der Waals surface area contributed by atoms with Crippen LogP contribution in [-0.2, 0) is 11.2 Å². The molecule has 114 valence electrons. The molecule has 5 nitrogen and oxygen atoms in total. The molecule has 0 saturated heterocycles. The van der Waals surface area contributed by atoms with Gasteiger partial charge in [-0.2, -0.15) is 5.10 Å². The minimum Gasteiger partial charge on any atom is -0.508 e. The topological polar surface area (TPSA) is 81.9 Å². The Morgan fingerprint density at radius 1 is 1.09 bits per heavy atom. The number of benzene rings is 2. The highest BCUT2D eigenvalue weighted by Crippen LogP contribution is 2.13. The average molecular weight is 298 g/mol. The third kappa shape index (κ3) is 4.94. The van der Waals surface area contributed by atoms with Gasteiger partial charge in [-0.3, -0.25) is 4.79 Å². The van der Waals surface area contributed by atoms with Gasteiger partial charge in [0.25, 0.3) is 0 Å². The summed E-state index contributed by atoms with van der Waals surface area (Å²) in [6.45, 7) is 0. The van der Waals surface area contributed by atoms with E-state index in [2.05, 4.69) is 10.5 Å². The maximum Gasteiger partial charge on any atom is 0.240 e. The molecule has 2 aromatic carbocycles. The molecule has 2 rings (SSSR count). The number of hydrogen-bond acceptors (Lipinski definition) is 4. The summed E-state index contributed by atoms with van der Waals surface area (Å²) in [6, 6.07) is 13.7. The molecule has 0 bridgehead atoms. The molecule has 0 aliphatic carbocycles. The van der Waals surface area contributed by atoms with Crippen LogP contribution in [0.3, 0.4) is 0 Å². The van der Waals surface area contributed by atoms with E-state index in [0.717, 1.165) is 12.0 Å². The van der Waals surface area contributed by atoms with Crippen LogP contribution in [0.5, 0.6) is 11.5 Å². The number of phenolic OH excluding ortho intramolecular Hbond substituents is 2. The maximum absolute atomic E-state index is 11.6. The van der Waals surface area contributed by atoms with Crippen LogP contribution in [0.1, 0.15) is 24.0 Å². The van der Waals surface area contributed by atoms with Crippen LogP contribution >= 0.6 is 0 Å². The Kier molecular flexibility index (Phi) is 5.54. The third-order valence-electron chi connectivity index (χ3n) is 3.14. The fourth-order valence-corrected chi connectivity index (χ4v) is 1.94. The van der Waals surface area contributed by atoms with Gasteiger partial charge in [0.15, 0.2) is 0 Å². The quantitative estimate of drug-likeness (QED) is 0.566. The van der Waals surface area contributed by atoms with Crippen LogP contribution < -0.4 is 5.43 Å². The first-order valence-corrected chi connectivity index (χ1v) is 7.03. The van der Waals surface area contributed by atoms with E-state index in [9.17, 15) is 15.0 Å². The van der Waals surface area contributed by atoms with Crippen LogP contribution in [0.15, 0.2) is 53.6 Å². The van der Waals surface area contributed by atoms with Gasteiger partial charge in [-0.1, -0.05) is 24.3 Å². The summed E-state index contributed by atoms with van der Waals surface area (Å²) < 4.78 is 0. The Labute approximate surface area is 128 Å². The van der Waals surface area contributed by atoms with E-state index in [1.165, 1.54) is 6.21 Å². The third-order valence-corrected chi connectivity index (χ3v) is 3.14. The van der Waals surface area contributed by atoms with Crippen LogP contribution in [0, 0.1) is 0 Å². The smallest absolute Gasteiger partial charge is 0.240 e. The van der Waals surface area contributed by atoms with Gasteiger partial charge in [0, 0.05) is 12.0 Å². The Morgan fingerprint density at radius 3 is 2.55 bits per heavy atom. The molecule has 0 radical (unpaired) electrons. The number of rotatable bonds is 6. The molecule has 3 N–H and O–H groups in total. The van der Waals surface area contributed by atoms with Crippen molar-refractivity contribution < 1.29 is 15.0 Å². The van der Waals surface area contributed by atoms with Crippen LogP contribution in [0.2, 0.25) is 0 Å². The zero-order valence-electron chi connectivity index (χ0n) is 12.1. The largest absolute Gasteiger partial charge is 0.508 e. The molecule has 22 heavy (non-hydrogen) atoms. The van der Waals surface area contributed by atoms with E-state index < -0.39 is 0 Å². The SMILES string of the molecule is O=C(CCCc1ccc(O)cc1)N/N=C\c1ccccc1O. The number of phenols is 2. The van der Waals surface area contributed by atoms with Crippen molar-refractivity contribution in [3.05, 3.63) is 59.7 Å². The first kappa shape index (κ1) is 15.6. The molecular weight excluding hydrogens is 280 g/mol. The van der Waals surface area contributed by atoms with Crippen molar-refractivity contribution in [1.29, 1.82) is 0 Å². The van der Waals surface area contributed by atoms with Gasteiger partial charge < -0.3 is 10.2 Å². The lowest BCUT2D eigenvalue weighted by Crippen LogP contribution is -2.17. The van der Waals surface area contributed by atoms with Gasteiger partial charge in [0.05, 0.1) is 6.21 Å². The summed E-state index contributed by atoms with van der Waals surface area (Å²) >= 11 is 0. The molecule has 0 aliphatic heterocycles. The highest BCUT2D eigenvalue weighted by Gasteiger charge is 2.01. The van der Waals surface area contributed by atoms with Crippen molar-refractivity contribution in [3.63, 3.8) is 0 Å². The fourth-order valence-electron chi connectivity index (χ4n) is 1.94. The molecular formula is C17H18N2O3. The molecule has 0 aromatic heterocycles. The number of hydrogen-bond donors (Lipinski definition) is 3. The Bertz CT molecular complexity index is 651. The average Bonchev–Trinajstić information content (AvgIpc) is 2.51. The van der Waals surface area contributed by atoms with Gasteiger partial charge in [-0.05, 0) is 42.7 Å². The summed E-state index contributed by atoms with van der Waals surface area (Å²) in [6.07, 6.45) is 3.23. The number of aromatic hydroxyl groups is 2. The molecule has 0 atom stereocenters. The highest BCUT2D eigenvalue weighted by atomic mass is 16.3. The standard InChI is InChI=1S/C17H18N2O3/c20-15-10-8-13(9-11-15)4-3-7-17(22)19-18-12-14-5-1-2-6-16(14)21/h1-2,5-6,8-12,20-21H,3-4,7H2,(H,19,22)/b18-12-. The number of aryl methyl sites for hydroxylation is 1. The minimum absolute atomic E-state index is 0.118. The Balaban J connectivity index is 1.72. The van der Waals surface area contributed by atoms with Crippen molar-refractivity contribution in [2.75, 3.05) is 0 Å². The highest BCUT2D eigenvalue weighted by molar-refractivity contribution is 5.84. The van der Waals surface area contributed by atoms with E-state index in [4.69, 9.17) is 0 Å². The van der Waals surface area contributed by atoms with Crippen LogP contribution in [-0.4, -0.2) is 22.3 Å². The van der Waals surface area contributed by atoms with E-state index in [0.29, 0.717) is 18.4 Å². The summed E-state index contributed by atoms with van der Waals surface area (Å²) in [5.74, 6) is 0.179. The number of carbonyl (C=O) groups is 1. The van der Waals surface area contributed by atoms with E-state index in [-0.39, 0.29) is 17.4 Å². The molecule has 0 heterocycles. The number of para-hydroxylation sites is 1. The van der Waals surface area contributed by atoms with E-state index >= 15 is 0 Å². The number of amides is 1. The molecule has 2 aromatic rings. The zero-order chi connectivity index (χ0) is 15.8. The predicted octanol–water partition coefficient (Wildman–Crippen LogP) is 2.57. The van der Waals surface area contributed by atoms with Gasteiger partial charge in [-0.15, -0.1) is 0 Å². The maximum atomic E-state index is 11.6. The first-order chi connectivity index (χ1) is 10.6. The van der Waals surface area contributed by atoms with Crippen LogP contribution in [0.25, 0.3) is 0 Å². The lowest BCUT2D eigenvalue weighted by Gasteiger charge is -2.02. The number of nitrogens with zero attached hydrogens (tertiary/aromatic N) is 1. The number of nitrogens with one attached hydrogen (secondary N) is 1. The molecule has 5 heteroatoms. The molecule has 0 aliphatic rings. The van der Waals surface area contributed by atoms with Crippen LogP contribution in [0.4, 0.5) is 0 Å². The molecule has 0 fully saturated rings. The van der Waals surface area contributed by atoms with Gasteiger partial charge in [0.2, 0.25) is 5.91 Å². The van der Waals surface area contributed by atoms with Gasteiger partial charge >= 0.3 is 0 Å². The van der Waals surface area contributed by atoms with E-state index in [1.54, 1.807) is 36.4 Å². The first-order valence-electron chi connectivity index (χ1n) is 7.03. The van der Waals surface area contributed by atoms with E-state index in [1.807, 2.05) is 12.1 Å². The number of hydrazone groups is 1. The molecule has 0 spiro atoms. The lowest BCUT2D eigenvalue weighted by molar-refractivity contribution is -0.121. The van der Waals surface area contributed by atoms with Crippen molar-refractivity contribution in [1.82, 2.24) is 5.43 Å².